The van der Waals surface area contributed by atoms with E-state index < -0.39 is 15.4 Å². The van der Waals surface area contributed by atoms with Gasteiger partial charge in [0.05, 0.1) is 11.3 Å². The lowest BCUT2D eigenvalue weighted by Crippen LogP contribution is -2.53. The van der Waals surface area contributed by atoms with Gasteiger partial charge in [-0.05, 0) is 26.7 Å². The molecule has 0 aromatic carbocycles. The Hall–Kier alpha value is -0.330. The van der Waals surface area contributed by atoms with Crippen LogP contribution in [0.1, 0.15) is 40.0 Å². The highest BCUT2D eigenvalue weighted by Crippen LogP contribution is 2.09. The first-order chi connectivity index (χ1) is 7.58. The molecule has 0 fully saturated rings. The van der Waals surface area contributed by atoms with E-state index in [0.717, 1.165) is 6.42 Å². The number of hydrogen-bond acceptors (Lipinski definition) is 4. The third-order valence-corrected chi connectivity index (χ3v) is 3.56. The van der Waals surface area contributed by atoms with Gasteiger partial charge in [0.15, 0.2) is 0 Å². The summed E-state index contributed by atoms with van der Waals surface area (Å²) in [6, 6.07) is -0.183. The lowest BCUT2D eigenvalue weighted by atomic mass is 9.96. The van der Waals surface area contributed by atoms with E-state index in [9.17, 15) is 13.2 Å². The summed E-state index contributed by atoms with van der Waals surface area (Å²) >= 11 is 0. The molecule has 2 unspecified atom stereocenters. The number of carbonyl (C=O) groups excluding carboxylic acids is 1. The molecule has 18 heavy (non-hydrogen) atoms. The van der Waals surface area contributed by atoms with Gasteiger partial charge < -0.3 is 11.1 Å². The quantitative estimate of drug-likeness (QED) is 0.730. The standard InChI is InChI=1S/C11H24N2O3S.ClH/c1-5-7-11(3,12)10(14)13-9(2)6-8-17(4,15)16;/h9H,5-8,12H2,1-4H3,(H,13,14);1H. The molecule has 0 aliphatic carbocycles. The number of halogens is 1. The Bertz CT molecular complexity index is 355. The van der Waals surface area contributed by atoms with E-state index in [1.54, 1.807) is 13.8 Å². The first-order valence-corrected chi connectivity index (χ1v) is 7.92. The average molecular weight is 301 g/mol. The van der Waals surface area contributed by atoms with Crippen LogP contribution >= 0.6 is 12.4 Å². The minimum atomic E-state index is -2.98. The molecular formula is C11H25ClN2O3S. The number of rotatable bonds is 7. The molecule has 0 aromatic heterocycles. The van der Waals surface area contributed by atoms with Crippen LogP contribution in [-0.4, -0.2) is 37.9 Å². The Kier molecular flexibility index (Phi) is 8.85. The van der Waals surface area contributed by atoms with Crippen molar-refractivity contribution < 1.29 is 13.2 Å². The summed E-state index contributed by atoms with van der Waals surface area (Å²) in [6.45, 7) is 5.44. The summed E-state index contributed by atoms with van der Waals surface area (Å²) in [7, 11) is -2.98. The Morgan fingerprint density at radius 3 is 2.33 bits per heavy atom. The lowest BCUT2D eigenvalue weighted by Gasteiger charge is -2.25. The largest absolute Gasteiger partial charge is 0.352 e. The summed E-state index contributed by atoms with van der Waals surface area (Å²) in [5.74, 6) is -0.149. The molecule has 7 heteroatoms. The summed E-state index contributed by atoms with van der Waals surface area (Å²) in [5, 5.41) is 2.75. The molecule has 0 saturated heterocycles. The van der Waals surface area contributed by atoms with Crippen LogP contribution < -0.4 is 11.1 Å². The SMILES string of the molecule is CCCC(C)(N)C(=O)NC(C)CCS(C)(=O)=O.Cl. The molecule has 0 heterocycles. The highest BCUT2D eigenvalue weighted by molar-refractivity contribution is 7.90. The number of sulfone groups is 1. The molecule has 5 nitrogen and oxygen atoms in total. The molecule has 0 rings (SSSR count). The molecule has 0 radical (unpaired) electrons. The van der Waals surface area contributed by atoms with Crippen molar-refractivity contribution in [2.45, 2.75) is 51.6 Å². The molecule has 0 spiro atoms. The van der Waals surface area contributed by atoms with Crippen LogP contribution in [0.5, 0.6) is 0 Å². The number of amides is 1. The number of nitrogens with two attached hydrogens (primary N) is 1. The van der Waals surface area contributed by atoms with Gasteiger partial charge in [-0.3, -0.25) is 4.79 Å². The molecule has 110 valence electrons. The molecule has 1 amide bonds. The highest BCUT2D eigenvalue weighted by Gasteiger charge is 2.28. The van der Waals surface area contributed by atoms with Crippen molar-refractivity contribution in [3.63, 3.8) is 0 Å². The maximum atomic E-state index is 11.8. The van der Waals surface area contributed by atoms with Crippen molar-refractivity contribution in [1.82, 2.24) is 5.32 Å². The van der Waals surface area contributed by atoms with Crippen LogP contribution in [0.15, 0.2) is 0 Å². The minimum absolute atomic E-state index is 0. The minimum Gasteiger partial charge on any atom is -0.352 e. The third kappa shape index (κ3) is 8.72. The summed E-state index contributed by atoms with van der Waals surface area (Å²) in [6.07, 6.45) is 3.04. The summed E-state index contributed by atoms with van der Waals surface area (Å²) in [4.78, 5) is 11.8. The van der Waals surface area contributed by atoms with Crippen molar-refractivity contribution in [2.75, 3.05) is 12.0 Å². The lowest BCUT2D eigenvalue weighted by molar-refractivity contribution is -0.126. The van der Waals surface area contributed by atoms with E-state index in [-0.39, 0.29) is 30.1 Å². The average Bonchev–Trinajstić information content (AvgIpc) is 2.13. The fourth-order valence-corrected chi connectivity index (χ4v) is 2.27. The van der Waals surface area contributed by atoms with Crippen LogP contribution in [0.3, 0.4) is 0 Å². The maximum absolute atomic E-state index is 11.8. The van der Waals surface area contributed by atoms with Crippen LogP contribution in [0.2, 0.25) is 0 Å². The fraction of sp³-hybridized carbons (Fsp3) is 0.909. The van der Waals surface area contributed by atoms with Crippen LogP contribution in [-0.2, 0) is 14.6 Å². The molecule has 0 aromatic rings. The Balaban J connectivity index is 0. The van der Waals surface area contributed by atoms with Crippen LogP contribution in [0.25, 0.3) is 0 Å². The van der Waals surface area contributed by atoms with Gasteiger partial charge >= 0.3 is 0 Å². The van der Waals surface area contributed by atoms with Gasteiger partial charge in [0, 0.05) is 12.3 Å². The number of hydrogen-bond donors (Lipinski definition) is 2. The van der Waals surface area contributed by atoms with E-state index in [1.165, 1.54) is 6.26 Å². The van der Waals surface area contributed by atoms with E-state index in [4.69, 9.17) is 5.73 Å². The molecule has 0 saturated carbocycles. The Labute approximate surface area is 116 Å². The fourth-order valence-electron chi connectivity index (χ4n) is 1.48. The maximum Gasteiger partial charge on any atom is 0.240 e. The topological polar surface area (TPSA) is 89.3 Å². The number of nitrogens with one attached hydrogen (secondary N) is 1. The first-order valence-electron chi connectivity index (χ1n) is 5.86. The highest BCUT2D eigenvalue weighted by atomic mass is 35.5. The van der Waals surface area contributed by atoms with E-state index in [2.05, 4.69) is 5.32 Å². The molecule has 0 aliphatic heterocycles. The zero-order chi connectivity index (χ0) is 13.7. The molecule has 0 bridgehead atoms. The van der Waals surface area contributed by atoms with Crippen LogP contribution in [0, 0.1) is 0 Å². The second kappa shape index (κ2) is 7.96. The van der Waals surface area contributed by atoms with Gasteiger partial charge in [0.1, 0.15) is 9.84 Å². The van der Waals surface area contributed by atoms with Crippen molar-refractivity contribution in [3.05, 3.63) is 0 Å². The normalized spacial score (nSPS) is 16.3. The van der Waals surface area contributed by atoms with E-state index in [0.29, 0.717) is 12.8 Å². The Morgan fingerprint density at radius 1 is 1.44 bits per heavy atom. The first kappa shape index (κ1) is 20.0. The van der Waals surface area contributed by atoms with Gasteiger partial charge in [-0.15, -0.1) is 12.4 Å². The monoisotopic (exact) mass is 300 g/mol. The molecular weight excluding hydrogens is 276 g/mol. The Morgan fingerprint density at radius 2 is 1.94 bits per heavy atom. The third-order valence-electron chi connectivity index (χ3n) is 2.59. The smallest absolute Gasteiger partial charge is 0.240 e. The van der Waals surface area contributed by atoms with Gasteiger partial charge in [-0.25, -0.2) is 8.42 Å². The van der Waals surface area contributed by atoms with E-state index >= 15 is 0 Å². The summed E-state index contributed by atoms with van der Waals surface area (Å²) in [5.41, 5.74) is 4.99. The second-order valence-electron chi connectivity index (χ2n) is 4.96. The van der Waals surface area contributed by atoms with Gasteiger partial charge in [-0.1, -0.05) is 13.3 Å². The van der Waals surface area contributed by atoms with Crippen molar-refractivity contribution in [2.24, 2.45) is 5.73 Å². The predicted octanol–water partition coefficient (Wildman–Crippen LogP) is 0.865. The van der Waals surface area contributed by atoms with Crippen molar-refractivity contribution in [1.29, 1.82) is 0 Å². The van der Waals surface area contributed by atoms with Gasteiger partial charge in [0.25, 0.3) is 0 Å². The van der Waals surface area contributed by atoms with E-state index in [1.807, 2.05) is 6.92 Å². The zero-order valence-corrected chi connectivity index (χ0v) is 13.2. The zero-order valence-electron chi connectivity index (χ0n) is 11.5. The molecule has 0 aliphatic rings. The molecule has 3 N–H and O–H groups in total. The van der Waals surface area contributed by atoms with Gasteiger partial charge in [0.2, 0.25) is 5.91 Å². The number of carbonyl (C=O) groups is 1. The second-order valence-corrected chi connectivity index (χ2v) is 7.22. The van der Waals surface area contributed by atoms with Crippen molar-refractivity contribution in [3.8, 4) is 0 Å². The predicted molar refractivity (Wildman–Crippen MR) is 76.7 cm³/mol. The molecule has 2 atom stereocenters. The van der Waals surface area contributed by atoms with Gasteiger partial charge in [-0.2, -0.15) is 0 Å². The van der Waals surface area contributed by atoms with Crippen LogP contribution in [0.4, 0.5) is 0 Å². The summed E-state index contributed by atoms with van der Waals surface area (Å²) < 4.78 is 22.0. The van der Waals surface area contributed by atoms with Crippen molar-refractivity contribution >= 4 is 28.2 Å².